The minimum absolute atomic E-state index is 0.390. The van der Waals surface area contributed by atoms with Crippen LogP contribution in [-0.4, -0.2) is 25.6 Å². The molecule has 1 N–H and O–H groups in total. The van der Waals surface area contributed by atoms with Crippen molar-refractivity contribution in [2.45, 2.75) is 38.1 Å². The van der Waals surface area contributed by atoms with Crippen LogP contribution in [0.2, 0.25) is 0 Å². The number of aliphatic carboxylic acids is 1. The van der Waals surface area contributed by atoms with Crippen molar-refractivity contribution in [1.82, 2.24) is 14.5 Å². The Bertz CT molecular complexity index is 649. The van der Waals surface area contributed by atoms with Gasteiger partial charge in [0.25, 0.3) is 0 Å². The Balaban J connectivity index is 2.24. The van der Waals surface area contributed by atoms with Gasteiger partial charge in [-0.05, 0) is 41.3 Å². The zero-order valence-corrected chi connectivity index (χ0v) is 12.1. The van der Waals surface area contributed by atoms with Crippen molar-refractivity contribution in [2.75, 3.05) is 0 Å². The highest BCUT2D eigenvalue weighted by atomic mass is 79.9. The number of rotatable bonds is 4. The molecule has 1 unspecified atom stereocenters. The van der Waals surface area contributed by atoms with Crippen molar-refractivity contribution in [3.63, 3.8) is 0 Å². The number of fused-ring (bicyclic) bond motifs is 1. The predicted molar refractivity (Wildman–Crippen MR) is 74.2 cm³/mol. The van der Waals surface area contributed by atoms with Gasteiger partial charge >= 0.3 is 5.97 Å². The van der Waals surface area contributed by atoms with Gasteiger partial charge in [0.2, 0.25) is 0 Å². The smallest absolute Gasteiger partial charge is 0.326 e. The number of aromatic nitrogens is 3. The molecule has 0 radical (unpaired) electrons. The van der Waals surface area contributed by atoms with Crippen molar-refractivity contribution >= 4 is 33.1 Å². The van der Waals surface area contributed by atoms with Gasteiger partial charge in [0.05, 0.1) is 0 Å². The van der Waals surface area contributed by atoms with Crippen LogP contribution in [0.1, 0.15) is 44.0 Å². The van der Waals surface area contributed by atoms with Crippen molar-refractivity contribution in [1.29, 1.82) is 0 Å². The van der Waals surface area contributed by atoms with Crippen molar-refractivity contribution in [3.8, 4) is 0 Å². The van der Waals surface area contributed by atoms with E-state index in [1.165, 1.54) is 0 Å². The molecule has 0 aromatic carbocycles. The van der Waals surface area contributed by atoms with Crippen LogP contribution in [-0.2, 0) is 4.79 Å². The van der Waals surface area contributed by atoms with Crippen molar-refractivity contribution in [3.05, 3.63) is 22.6 Å². The van der Waals surface area contributed by atoms with Gasteiger partial charge in [0.15, 0.2) is 5.65 Å². The standard InChI is InChI=1S/C13H14BrN3O2/c1-2-10(13(18)19)17-11(7-3-4-7)16-9-5-8(14)6-15-12(9)17/h5-7,10H,2-4H2,1H3,(H,18,19). The monoisotopic (exact) mass is 323 g/mol. The number of nitrogens with zero attached hydrogens (tertiary/aromatic N) is 3. The predicted octanol–water partition coefficient (Wildman–Crippen LogP) is 3.11. The summed E-state index contributed by atoms with van der Waals surface area (Å²) in [6.45, 7) is 1.88. The molecule has 0 amide bonds. The fourth-order valence-corrected chi connectivity index (χ4v) is 2.70. The van der Waals surface area contributed by atoms with E-state index in [1.807, 2.05) is 17.6 Å². The summed E-state index contributed by atoms with van der Waals surface area (Å²) in [5.74, 6) is 0.435. The molecule has 0 saturated heterocycles. The summed E-state index contributed by atoms with van der Waals surface area (Å²) in [7, 11) is 0. The topological polar surface area (TPSA) is 68.0 Å². The fourth-order valence-electron chi connectivity index (χ4n) is 2.38. The molecule has 1 saturated carbocycles. The molecule has 1 fully saturated rings. The summed E-state index contributed by atoms with van der Waals surface area (Å²) in [6.07, 6.45) is 4.38. The zero-order valence-electron chi connectivity index (χ0n) is 10.5. The molecule has 2 aromatic rings. The summed E-state index contributed by atoms with van der Waals surface area (Å²) in [5.41, 5.74) is 1.43. The molecule has 0 spiro atoms. The first-order chi connectivity index (χ1) is 9.11. The van der Waals surface area contributed by atoms with Crippen LogP contribution in [0.15, 0.2) is 16.7 Å². The SMILES string of the molecule is CCC(C(=O)O)n1c(C2CC2)nc2cc(Br)cnc21. The van der Waals surface area contributed by atoms with Crippen molar-refractivity contribution in [2.24, 2.45) is 0 Å². The number of halogens is 1. The molecule has 19 heavy (non-hydrogen) atoms. The minimum Gasteiger partial charge on any atom is -0.480 e. The Kier molecular flexibility index (Phi) is 3.05. The minimum atomic E-state index is -0.826. The van der Waals surface area contributed by atoms with Crippen LogP contribution in [0.4, 0.5) is 0 Å². The summed E-state index contributed by atoms with van der Waals surface area (Å²) < 4.78 is 2.66. The van der Waals surface area contributed by atoms with Gasteiger partial charge in [0, 0.05) is 16.6 Å². The highest BCUT2D eigenvalue weighted by molar-refractivity contribution is 9.10. The number of carboxylic acids is 1. The van der Waals surface area contributed by atoms with E-state index in [0.717, 1.165) is 28.7 Å². The molecular weight excluding hydrogens is 310 g/mol. The third-order valence-corrected chi connectivity index (χ3v) is 3.88. The molecule has 0 aliphatic heterocycles. The second-order valence-electron chi connectivity index (χ2n) is 4.87. The van der Waals surface area contributed by atoms with Crippen LogP contribution in [0.5, 0.6) is 0 Å². The van der Waals surface area contributed by atoms with E-state index in [4.69, 9.17) is 0 Å². The van der Waals surface area contributed by atoms with Gasteiger partial charge in [-0.15, -0.1) is 0 Å². The summed E-state index contributed by atoms with van der Waals surface area (Å²) >= 11 is 3.37. The quantitative estimate of drug-likeness (QED) is 0.938. The van der Waals surface area contributed by atoms with Gasteiger partial charge in [0.1, 0.15) is 17.4 Å². The molecule has 1 aliphatic carbocycles. The maximum Gasteiger partial charge on any atom is 0.326 e. The lowest BCUT2D eigenvalue weighted by atomic mass is 10.2. The number of carboxylic acid groups (broad SMARTS) is 1. The zero-order chi connectivity index (χ0) is 13.6. The van der Waals surface area contributed by atoms with Gasteiger partial charge in [-0.1, -0.05) is 6.92 Å². The Morgan fingerprint density at radius 3 is 2.95 bits per heavy atom. The van der Waals surface area contributed by atoms with Crippen molar-refractivity contribution < 1.29 is 9.90 Å². The lowest BCUT2D eigenvalue weighted by Gasteiger charge is -2.15. The van der Waals surface area contributed by atoms with Crippen LogP contribution < -0.4 is 0 Å². The molecule has 100 valence electrons. The van der Waals surface area contributed by atoms with E-state index in [2.05, 4.69) is 25.9 Å². The Hall–Kier alpha value is -1.43. The van der Waals surface area contributed by atoms with Crippen LogP contribution in [0.3, 0.4) is 0 Å². The number of hydrogen-bond acceptors (Lipinski definition) is 3. The van der Waals surface area contributed by atoms with Gasteiger partial charge in [-0.25, -0.2) is 14.8 Å². The number of imidazole rings is 1. The van der Waals surface area contributed by atoms with Crippen LogP contribution >= 0.6 is 15.9 Å². The maximum atomic E-state index is 11.4. The fraction of sp³-hybridized carbons (Fsp3) is 0.462. The van der Waals surface area contributed by atoms with Crippen LogP contribution in [0.25, 0.3) is 11.2 Å². The second-order valence-corrected chi connectivity index (χ2v) is 5.79. The number of carbonyl (C=O) groups is 1. The summed E-state index contributed by atoms with van der Waals surface area (Å²) in [6, 6.07) is 1.30. The van der Waals surface area contributed by atoms with E-state index in [9.17, 15) is 9.90 Å². The first-order valence-corrected chi connectivity index (χ1v) is 7.17. The first kappa shape index (κ1) is 12.6. The number of pyridine rings is 1. The average molecular weight is 324 g/mol. The van der Waals surface area contributed by atoms with E-state index >= 15 is 0 Å². The Labute approximate surface area is 118 Å². The van der Waals surface area contributed by atoms with Crippen LogP contribution in [0, 0.1) is 0 Å². The van der Waals surface area contributed by atoms with Gasteiger partial charge < -0.3 is 5.11 Å². The Morgan fingerprint density at radius 2 is 2.37 bits per heavy atom. The summed E-state index contributed by atoms with van der Waals surface area (Å²) in [5, 5.41) is 9.40. The number of hydrogen-bond donors (Lipinski definition) is 1. The molecule has 3 rings (SSSR count). The second kappa shape index (κ2) is 4.59. The van der Waals surface area contributed by atoms with E-state index < -0.39 is 12.0 Å². The van der Waals surface area contributed by atoms with Gasteiger partial charge in [-0.3, -0.25) is 4.57 Å². The first-order valence-electron chi connectivity index (χ1n) is 6.38. The maximum absolute atomic E-state index is 11.4. The molecule has 1 aliphatic rings. The molecule has 5 nitrogen and oxygen atoms in total. The Morgan fingerprint density at radius 1 is 1.63 bits per heavy atom. The third kappa shape index (κ3) is 2.14. The molecule has 2 aromatic heterocycles. The molecule has 0 bridgehead atoms. The molecular formula is C13H14BrN3O2. The highest BCUT2D eigenvalue weighted by Crippen LogP contribution is 2.42. The lowest BCUT2D eigenvalue weighted by Crippen LogP contribution is -2.20. The van der Waals surface area contributed by atoms with E-state index in [0.29, 0.717) is 18.0 Å². The highest BCUT2D eigenvalue weighted by Gasteiger charge is 2.33. The molecule has 6 heteroatoms. The molecule has 2 heterocycles. The lowest BCUT2D eigenvalue weighted by molar-refractivity contribution is -0.140. The average Bonchev–Trinajstić information content (AvgIpc) is 3.13. The molecule has 1 atom stereocenters. The van der Waals surface area contributed by atoms with E-state index in [-0.39, 0.29) is 0 Å². The van der Waals surface area contributed by atoms with E-state index in [1.54, 1.807) is 6.20 Å². The third-order valence-electron chi connectivity index (χ3n) is 3.45. The largest absolute Gasteiger partial charge is 0.480 e. The van der Waals surface area contributed by atoms with Gasteiger partial charge in [-0.2, -0.15) is 0 Å². The normalized spacial score (nSPS) is 16.7. The summed E-state index contributed by atoms with van der Waals surface area (Å²) in [4.78, 5) is 20.4.